The number of aliphatic hydroxyl groups excluding tert-OH is 1. The van der Waals surface area contributed by atoms with E-state index in [1.54, 1.807) is 6.07 Å². The third-order valence-corrected chi connectivity index (χ3v) is 3.16. The number of nitrogens with zero attached hydrogens (tertiary/aromatic N) is 3. The van der Waals surface area contributed by atoms with E-state index >= 15 is 0 Å². The maximum Gasteiger partial charge on any atom is 0.294 e. The molecule has 0 bridgehead atoms. The molecule has 0 radical (unpaired) electrons. The number of halogens is 2. The summed E-state index contributed by atoms with van der Waals surface area (Å²) in [4.78, 5) is 7.83. The molecule has 2 atom stereocenters. The standard InChI is InChI=1S/C11H12F2N4O2/c12-11(13)3-6(4-18)19-10(11)17-5-16-8-7(17)1-2-15-9(8)14/h1-2,5-6,10,18H,3-4H2,(H2,14,15)/t6-,10-/m0/s1. The van der Waals surface area contributed by atoms with E-state index in [9.17, 15) is 8.78 Å². The molecule has 0 saturated carbocycles. The molecule has 1 saturated heterocycles. The molecule has 1 fully saturated rings. The minimum atomic E-state index is -3.07. The fourth-order valence-corrected chi connectivity index (χ4v) is 2.28. The number of ether oxygens (including phenoxy) is 1. The van der Waals surface area contributed by atoms with Crippen LogP contribution in [0.1, 0.15) is 12.6 Å². The minimum Gasteiger partial charge on any atom is -0.394 e. The summed E-state index contributed by atoms with van der Waals surface area (Å²) in [6.07, 6.45) is -0.213. The first kappa shape index (κ1) is 12.2. The van der Waals surface area contributed by atoms with E-state index in [1.165, 1.54) is 17.1 Å². The number of rotatable bonds is 2. The van der Waals surface area contributed by atoms with Gasteiger partial charge in [-0.1, -0.05) is 0 Å². The predicted molar refractivity (Wildman–Crippen MR) is 62.5 cm³/mol. The Morgan fingerprint density at radius 2 is 2.32 bits per heavy atom. The van der Waals surface area contributed by atoms with Crippen LogP contribution in [-0.4, -0.2) is 38.3 Å². The Bertz CT molecular complexity index is 616. The van der Waals surface area contributed by atoms with E-state index in [0.29, 0.717) is 11.0 Å². The highest BCUT2D eigenvalue weighted by atomic mass is 19.3. The van der Waals surface area contributed by atoms with Crippen LogP contribution in [-0.2, 0) is 4.74 Å². The minimum absolute atomic E-state index is 0.177. The zero-order chi connectivity index (χ0) is 13.6. The van der Waals surface area contributed by atoms with Crippen molar-refractivity contribution >= 4 is 16.9 Å². The second-order valence-electron chi connectivity index (χ2n) is 4.47. The van der Waals surface area contributed by atoms with Gasteiger partial charge in [-0.2, -0.15) is 0 Å². The molecule has 6 nitrogen and oxygen atoms in total. The number of imidazole rings is 1. The van der Waals surface area contributed by atoms with E-state index in [4.69, 9.17) is 15.6 Å². The maximum absolute atomic E-state index is 13.9. The molecular formula is C11H12F2N4O2. The first-order valence-electron chi connectivity index (χ1n) is 5.74. The Kier molecular flexibility index (Phi) is 2.64. The first-order valence-corrected chi connectivity index (χ1v) is 5.74. The van der Waals surface area contributed by atoms with Crippen molar-refractivity contribution in [3.05, 3.63) is 18.6 Å². The van der Waals surface area contributed by atoms with Crippen molar-refractivity contribution < 1.29 is 18.6 Å². The molecule has 3 rings (SSSR count). The zero-order valence-electron chi connectivity index (χ0n) is 9.83. The highest BCUT2D eigenvalue weighted by molar-refractivity contribution is 5.84. The molecule has 1 aliphatic rings. The largest absolute Gasteiger partial charge is 0.394 e. The topological polar surface area (TPSA) is 86.2 Å². The van der Waals surface area contributed by atoms with Gasteiger partial charge in [0.2, 0.25) is 0 Å². The maximum atomic E-state index is 13.9. The summed E-state index contributed by atoms with van der Waals surface area (Å²) < 4.78 is 34.2. The Morgan fingerprint density at radius 3 is 3.00 bits per heavy atom. The number of hydrogen-bond donors (Lipinski definition) is 2. The lowest BCUT2D eigenvalue weighted by atomic mass is 10.2. The zero-order valence-corrected chi connectivity index (χ0v) is 9.83. The van der Waals surface area contributed by atoms with Gasteiger partial charge in [-0.15, -0.1) is 0 Å². The second kappa shape index (κ2) is 4.10. The molecule has 0 amide bonds. The Labute approximate surface area is 106 Å². The Balaban J connectivity index is 2.07. The number of aliphatic hydroxyl groups is 1. The summed E-state index contributed by atoms with van der Waals surface area (Å²) in [5.41, 5.74) is 6.42. The van der Waals surface area contributed by atoms with Crippen molar-refractivity contribution in [2.24, 2.45) is 0 Å². The number of fused-ring (bicyclic) bond motifs is 1. The van der Waals surface area contributed by atoms with Crippen molar-refractivity contribution in [1.29, 1.82) is 0 Å². The van der Waals surface area contributed by atoms with Gasteiger partial charge in [0.25, 0.3) is 5.92 Å². The molecular weight excluding hydrogens is 258 g/mol. The lowest BCUT2D eigenvalue weighted by molar-refractivity contribution is -0.116. The summed E-state index contributed by atoms with van der Waals surface area (Å²) >= 11 is 0. The van der Waals surface area contributed by atoms with Crippen LogP contribution in [0.15, 0.2) is 18.6 Å². The molecule has 0 spiro atoms. The van der Waals surface area contributed by atoms with E-state index in [-0.39, 0.29) is 5.82 Å². The van der Waals surface area contributed by atoms with Crippen LogP contribution < -0.4 is 5.73 Å². The van der Waals surface area contributed by atoms with Gasteiger partial charge < -0.3 is 15.6 Å². The summed E-state index contributed by atoms with van der Waals surface area (Å²) in [5.74, 6) is -2.89. The summed E-state index contributed by atoms with van der Waals surface area (Å²) in [7, 11) is 0. The Morgan fingerprint density at radius 1 is 1.53 bits per heavy atom. The van der Waals surface area contributed by atoms with Crippen molar-refractivity contribution in [3.8, 4) is 0 Å². The third kappa shape index (κ3) is 1.83. The fourth-order valence-electron chi connectivity index (χ4n) is 2.28. The number of aromatic nitrogens is 3. The van der Waals surface area contributed by atoms with Gasteiger partial charge >= 0.3 is 0 Å². The van der Waals surface area contributed by atoms with Crippen LogP contribution in [0.5, 0.6) is 0 Å². The van der Waals surface area contributed by atoms with E-state index in [2.05, 4.69) is 9.97 Å². The number of hydrogen-bond acceptors (Lipinski definition) is 5. The highest BCUT2D eigenvalue weighted by Gasteiger charge is 2.51. The monoisotopic (exact) mass is 270 g/mol. The van der Waals surface area contributed by atoms with Gasteiger partial charge in [0, 0.05) is 12.6 Å². The molecule has 1 aliphatic heterocycles. The van der Waals surface area contributed by atoms with Gasteiger partial charge in [0.05, 0.1) is 24.6 Å². The van der Waals surface area contributed by atoms with Crippen LogP contribution in [0.4, 0.5) is 14.6 Å². The van der Waals surface area contributed by atoms with Gasteiger partial charge in [-0.25, -0.2) is 18.7 Å². The molecule has 2 aromatic rings. The van der Waals surface area contributed by atoms with Crippen LogP contribution in [0.3, 0.4) is 0 Å². The number of anilines is 1. The molecule has 0 aromatic carbocycles. The van der Waals surface area contributed by atoms with Crippen LogP contribution in [0.2, 0.25) is 0 Å². The highest BCUT2D eigenvalue weighted by Crippen LogP contribution is 2.43. The summed E-state index contributed by atoms with van der Waals surface area (Å²) in [6, 6.07) is 1.55. The van der Waals surface area contributed by atoms with Crippen molar-refractivity contribution in [3.63, 3.8) is 0 Å². The fraction of sp³-hybridized carbons (Fsp3) is 0.455. The normalized spacial score (nSPS) is 26.1. The van der Waals surface area contributed by atoms with E-state index in [1.807, 2.05) is 0 Å². The number of pyridine rings is 1. The molecule has 102 valence electrons. The second-order valence-corrected chi connectivity index (χ2v) is 4.47. The smallest absolute Gasteiger partial charge is 0.294 e. The van der Waals surface area contributed by atoms with E-state index < -0.39 is 31.3 Å². The third-order valence-electron chi connectivity index (χ3n) is 3.16. The van der Waals surface area contributed by atoms with Gasteiger partial charge in [0.1, 0.15) is 5.52 Å². The predicted octanol–water partition coefficient (Wildman–Crippen LogP) is 0.929. The summed E-state index contributed by atoms with van der Waals surface area (Å²) in [6.45, 7) is -0.442. The molecule has 3 heterocycles. The van der Waals surface area contributed by atoms with E-state index in [0.717, 1.165) is 0 Å². The molecule has 19 heavy (non-hydrogen) atoms. The van der Waals surface area contributed by atoms with Gasteiger partial charge in [-0.3, -0.25) is 4.57 Å². The quantitative estimate of drug-likeness (QED) is 0.847. The van der Waals surface area contributed by atoms with Crippen molar-refractivity contribution in [2.75, 3.05) is 12.3 Å². The van der Waals surface area contributed by atoms with Gasteiger partial charge in [0.15, 0.2) is 12.0 Å². The van der Waals surface area contributed by atoms with Crippen LogP contribution in [0, 0.1) is 0 Å². The SMILES string of the molecule is Nc1nccc2c1ncn2[C@H]1O[C@H](CO)CC1(F)F. The number of nitrogens with two attached hydrogens (primary N) is 1. The first-order chi connectivity index (χ1) is 9.03. The molecule has 3 N–H and O–H groups in total. The molecule has 8 heteroatoms. The number of nitrogen functional groups attached to an aromatic ring is 1. The number of alkyl halides is 2. The average molecular weight is 270 g/mol. The molecule has 0 aliphatic carbocycles. The lowest BCUT2D eigenvalue weighted by Gasteiger charge is -2.19. The Hall–Kier alpha value is -1.80. The van der Waals surface area contributed by atoms with Crippen molar-refractivity contribution in [1.82, 2.24) is 14.5 Å². The summed E-state index contributed by atoms with van der Waals surface area (Å²) in [5, 5.41) is 8.96. The van der Waals surface area contributed by atoms with Crippen molar-refractivity contribution in [2.45, 2.75) is 24.7 Å². The molecule has 0 unspecified atom stereocenters. The average Bonchev–Trinajstić information content (AvgIpc) is 2.90. The van der Waals surface area contributed by atoms with Gasteiger partial charge in [-0.05, 0) is 6.07 Å². The van der Waals surface area contributed by atoms with Crippen LogP contribution in [0.25, 0.3) is 11.0 Å². The lowest BCUT2D eigenvalue weighted by Crippen LogP contribution is -2.25. The molecule has 2 aromatic heterocycles. The van der Waals surface area contributed by atoms with Crippen LogP contribution >= 0.6 is 0 Å².